The number of carbonyl (C=O) groups excluding carboxylic acids is 1. The lowest BCUT2D eigenvalue weighted by Crippen LogP contribution is -2.54. The highest BCUT2D eigenvalue weighted by Gasteiger charge is 2.24. The van der Waals surface area contributed by atoms with Crippen molar-refractivity contribution in [3.05, 3.63) is 35.6 Å². The van der Waals surface area contributed by atoms with E-state index in [4.69, 9.17) is 4.99 Å². The molecule has 1 saturated heterocycles. The third-order valence-corrected chi connectivity index (χ3v) is 5.05. The van der Waals surface area contributed by atoms with E-state index in [1.54, 1.807) is 12.1 Å². The number of carbonyl (C=O) groups is 1. The minimum atomic E-state index is -0.264. The van der Waals surface area contributed by atoms with E-state index < -0.39 is 0 Å². The van der Waals surface area contributed by atoms with Gasteiger partial charge in [-0.25, -0.2) is 4.39 Å². The van der Waals surface area contributed by atoms with Crippen LogP contribution in [0.2, 0.25) is 0 Å². The van der Waals surface area contributed by atoms with Gasteiger partial charge in [0.25, 0.3) is 0 Å². The molecule has 6 nitrogen and oxygen atoms in total. The number of aliphatic imine (C=N–C) groups is 1. The van der Waals surface area contributed by atoms with Crippen LogP contribution in [0.25, 0.3) is 0 Å². The number of piperazine rings is 1. The highest BCUT2D eigenvalue weighted by Crippen LogP contribution is 2.24. The molecule has 1 aromatic carbocycles. The van der Waals surface area contributed by atoms with Crippen LogP contribution in [0.15, 0.2) is 29.3 Å². The zero-order valence-electron chi connectivity index (χ0n) is 18.5. The summed E-state index contributed by atoms with van der Waals surface area (Å²) in [5.41, 5.74) is 0.678. The van der Waals surface area contributed by atoms with Crippen LogP contribution in [0.4, 0.5) is 4.39 Å². The Hall–Kier alpha value is -2.15. The minimum absolute atomic E-state index is 0.0749. The van der Waals surface area contributed by atoms with Crippen LogP contribution < -0.4 is 10.6 Å². The van der Waals surface area contributed by atoms with Crippen molar-refractivity contribution in [2.75, 3.05) is 45.8 Å². The summed E-state index contributed by atoms with van der Waals surface area (Å²) >= 11 is 0. The normalized spacial score (nSPS) is 16.2. The van der Waals surface area contributed by atoms with Gasteiger partial charge in [0.05, 0.1) is 13.1 Å². The molecule has 0 atom stereocenters. The molecule has 2 rings (SSSR count). The second kappa shape index (κ2) is 10.6. The van der Waals surface area contributed by atoms with Gasteiger partial charge in [-0.3, -0.25) is 14.7 Å². The van der Waals surface area contributed by atoms with Crippen molar-refractivity contribution in [3.8, 4) is 0 Å². The Morgan fingerprint density at radius 2 is 1.93 bits per heavy atom. The molecular formula is C22H36FN5O. The molecule has 0 radical (unpaired) electrons. The molecule has 7 heteroatoms. The second-order valence-electron chi connectivity index (χ2n) is 8.55. The van der Waals surface area contributed by atoms with Gasteiger partial charge < -0.3 is 15.5 Å². The van der Waals surface area contributed by atoms with Gasteiger partial charge in [0, 0.05) is 44.2 Å². The molecule has 1 aliphatic rings. The minimum Gasteiger partial charge on any atom is -0.357 e. The number of benzene rings is 1. The van der Waals surface area contributed by atoms with Gasteiger partial charge in [0.1, 0.15) is 5.82 Å². The topological polar surface area (TPSA) is 60.0 Å². The molecule has 2 N–H and O–H groups in total. The molecule has 1 amide bonds. The summed E-state index contributed by atoms with van der Waals surface area (Å²) in [6.45, 7) is 15.2. The zero-order valence-corrected chi connectivity index (χ0v) is 18.5. The lowest BCUT2D eigenvalue weighted by atomic mass is 9.85. The quantitative estimate of drug-likeness (QED) is 0.539. The van der Waals surface area contributed by atoms with Crippen LogP contribution in [0.3, 0.4) is 0 Å². The van der Waals surface area contributed by atoms with Crippen molar-refractivity contribution in [3.63, 3.8) is 0 Å². The highest BCUT2D eigenvalue weighted by atomic mass is 19.1. The summed E-state index contributed by atoms with van der Waals surface area (Å²) in [6.07, 6.45) is 0. The molecule has 1 aliphatic heterocycles. The molecule has 29 heavy (non-hydrogen) atoms. The van der Waals surface area contributed by atoms with E-state index in [9.17, 15) is 9.18 Å². The van der Waals surface area contributed by atoms with Gasteiger partial charge in [-0.1, -0.05) is 26.0 Å². The third-order valence-electron chi connectivity index (χ3n) is 5.05. The van der Waals surface area contributed by atoms with Gasteiger partial charge in [0.15, 0.2) is 5.96 Å². The van der Waals surface area contributed by atoms with Crippen LogP contribution in [-0.2, 0) is 10.2 Å². The Morgan fingerprint density at radius 3 is 2.52 bits per heavy atom. The van der Waals surface area contributed by atoms with E-state index in [0.29, 0.717) is 13.1 Å². The van der Waals surface area contributed by atoms with Gasteiger partial charge >= 0.3 is 0 Å². The van der Waals surface area contributed by atoms with E-state index >= 15 is 0 Å². The van der Waals surface area contributed by atoms with Gasteiger partial charge in [0.2, 0.25) is 5.91 Å². The summed E-state index contributed by atoms with van der Waals surface area (Å²) in [6, 6.07) is 6.91. The molecular weight excluding hydrogens is 369 g/mol. The van der Waals surface area contributed by atoms with E-state index in [-0.39, 0.29) is 23.2 Å². The number of guanidine groups is 1. The second-order valence-corrected chi connectivity index (χ2v) is 8.55. The largest absolute Gasteiger partial charge is 0.357 e. The fourth-order valence-corrected chi connectivity index (χ4v) is 3.39. The number of nitrogens with one attached hydrogen (secondary N) is 2. The number of rotatable bonds is 7. The van der Waals surface area contributed by atoms with Gasteiger partial charge in [-0.05, 0) is 38.5 Å². The predicted octanol–water partition coefficient (Wildman–Crippen LogP) is 2.21. The van der Waals surface area contributed by atoms with E-state index in [2.05, 4.69) is 41.2 Å². The van der Waals surface area contributed by atoms with Crippen molar-refractivity contribution < 1.29 is 9.18 Å². The molecule has 1 fully saturated rings. The fourth-order valence-electron chi connectivity index (χ4n) is 3.39. The zero-order chi connectivity index (χ0) is 21.4. The summed E-state index contributed by atoms with van der Waals surface area (Å²) in [4.78, 5) is 21.2. The van der Waals surface area contributed by atoms with Crippen LogP contribution >= 0.6 is 0 Å². The molecule has 162 valence electrons. The summed E-state index contributed by atoms with van der Waals surface area (Å²) < 4.78 is 13.6. The maximum Gasteiger partial charge on any atom is 0.234 e. The average Bonchev–Trinajstić information content (AvgIpc) is 2.65. The molecule has 1 aromatic rings. The Morgan fingerprint density at radius 1 is 1.24 bits per heavy atom. The first-order valence-corrected chi connectivity index (χ1v) is 10.5. The SMILES string of the molecule is CCNC(=NCC(C)(C)c1cccc(F)c1)N1CCN(CC(=O)NC(C)C)CC1. The van der Waals surface area contributed by atoms with Crippen molar-refractivity contribution in [1.29, 1.82) is 0 Å². The number of halogens is 1. The molecule has 1 heterocycles. The Balaban J connectivity index is 1.96. The van der Waals surface area contributed by atoms with E-state index in [1.165, 1.54) is 6.07 Å². The lowest BCUT2D eigenvalue weighted by Gasteiger charge is -2.36. The van der Waals surface area contributed by atoms with Crippen LogP contribution in [0, 0.1) is 5.82 Å². The molecule has 0 aromatic heterocycles. The van der Waals surface area contributed by atoms with Gasteiger partial charge in [-0.2, -0.15) is 0 Å². The molecule has 0 spiro atoms. The predicted molar refractivity (Wildman–Crippen MR) is 117 cm³/mol. The van der Waals surface area contributed by atoms with Crippen molar-refractivity contribution in [1.82, 2.24) is 20.4 Å². The average molecular weight is 406 g/mol. The molecule has 0 unspecified atom stereocenters. The number of amides is 1. The Labute approximate surface area is 174 Å². The number of nitrogens with zero attached hydrogens (tertiary/aromatic N) is 3. The maximum absolute atomic E-state index is 13.6. The highest BCUT2D eigenvalue weighted by molar-refractivity contribution is 5.80. The number of hydrogen-bond donors (Lipinski definition) is 2. The standard InChI is InChI=1S/C22H36FN5O/c1-6-24-21(25-16-22(4,5)18-8-7-9-19(23)14-18)28-12-10-27(11-13-28)15-20(29)26-17(2)3/h7-9,14,17H,6,10-13,15-16H2,1-5H3,(H,24,25)(H,26,29). The Kier molecular flexibility index (Phi) is 8.44. The third kappa shape index (κ3) is 7.31. The maximum atomic E-state index is 13.6. The smallest absolute Gasteiger partial charge is 0.234 e. The molecule has 0 aliphatic carbocycles. The number of hydrogen-bond acceptors (Lipinski definition) is 3. The van der Waals surface area contributed by atoms with Crippen LogP contribution in [-0.4, -0.2) is 73.5 Å². The van der Waals surface area contributed by atoms with E-state index in [1.807, 2.05) is 19.9 Å². The monoisotopic (exact) mass is 405 g/mol. The first-order chi connectivity index (χ1) is 13.7. The summed E-state index contributed by atoms with van der Waals surface area (Å²) in [5, 5.41) is 6.32. The summed E-state index contributed by atoms with van der Waals surface area (Å²) in [7, 11) is 0. The van der Waals surface area contributed by atoms with Gasteiger partial charge in [-0.15, -0.1) is 0 Å². The molecule has 0 saturated carbocycles. The lowest BCUT2D eigenvalue weighted by molar-refractivity contribution is -0.123. The van der Waals surface area contributed by atoms with Crippen LogP contribution in [0.1, 0.15) is 40.2 Å². The summed E-state index contributed by atoms with van der Waals surface area (Å²) in [5.74, 6) is 0.734. The molecule has 0 bridgehead atoms. The fraction of sp³-hybridized carbons (Fsp3) is 0.636. The van der Waals surface area contributed by atoms with Crippen molar-refractivity contribution >= 4 is 11.9 Å². The first-order valence-electron chi connectivity index (χ1n) is 10.5. The van der Waals surface area contributed by atoms with Crippen LogP contribution in [0.5, 0.6) is 0 Å². The van der Waals surface area contributed by atoms with Crippen molar-refractivity contribution in [2.24, 2.45) is 4.99 Å². The Bertz CT molecular complexity index is 696. The van der Waals surface area contributed by atoms with E-state index in [0.717, 1.165) is 44.2 Å². The van der Waals surface area contributed by atoms with Crippen molar-refractivity contribution in [2.45, 2.75) is 46.1 Å². The first kappa shape index (κ1) is 23.1.